The fourth-order valence-electron chi connectivity index (χ4n) is 3.54. The predicted octanol–water partition coefficient (Wildman–Crippen LogP) is 5.61. The summed E-state index contributed by atoms with van der Waals surface area (Å²) in [4.78, 5) is 24.9. The highest BCUT2D eigenvalue weighted by atomic mass is 16.5. The molecule has 1 heterocycles. The van der Waals surface area contributed by atoms with Gasteiger partial charge in [0.15, 0.2) is 6.61 Å². The summed E-state index contributed by atoms with van der Waals surface area (Å²) in [6.45, 7) is 4.12. The molecule has 0 saturated heterocycles. The Balaban J connectivity index is 1.48. The van der Waals surface area contributed by atoms with Crippen molar-refractivity contribution >= 4 is 22.6 Å². The van der Waals surface area contributed by atoms with Crippen molar-refractivity contribution in [3.63, 3.8) is 0 Å². The molecule has 6 nitrogen and oxygen atoms in total. The number of rotatable bonds is 7. The van der Waals surface area contributed by atoms with Crippen LogP contribution in [0.25, 0.3) is 22.1 Å². The Morgan fingerprint density at radius 1 is 0.970 bits per heavy atom. The van der Waals surface area contributed by atoms with Gasteiger partial charge in [-0.05, 0) is 47.9 Å². The molecule has 0 aliphatic heterocycles. The number of ether oxygens (including phenoxy) is 2. The maximum Gasteiger partial charge on any atom is 0.344 e. The van der Waals surface area contributed by atoms with E-state index in [0.717, 1.165) is 5.39 Å². The van der Waals surface area contributed by atoms with Crippen molar-refractivity contribution < 1.29 is 18.7 Å². The topological polar surface area (TPSA) is 77.8 Å². The van der Waals surface area contributed by atoms with Crippen LogP contribution in [0.2, 0.25) is 0 Å². The summed E-state index contributed by atoms with van der Waals surface area (Å²) in [7, 11) is 1.51. The van der Waals surface area contributed by atoms with Gasteiger partial charge in [-0.25, -0.2) is 4.79 Å². The van der Waals surface area contributed by atoms with Crippen LogP contribution in [0.3, 0.4) is 0 Å². The molecule has 168 valence electrons. The van der Waals surface area contributed by atoms with E-state index < -0.39 is 5.63 Å². The Morgan fingerprint density at radius 3 is 2.45 bits per heavy atom. The molecule has 33 heavy (non-hydrogen) atoms. The van der Waals surface area contributed by atoms with Gasteiger partial charge in [-0.2, -0.15) is 0 Å². The standard InChI is InChI=1S/C27H25NO5/c1-17(2)18-8-11-21(12-9-18)32-16-26(29)28-20-10-13-22(25(15-20)31-3)23-14-19-6-4-5-7-24(19)33-27(23)30/h4-15,17H,16H2,1-3H3,(H,28,29). The van der Waals surface area contributed by atoms with E-state index in [0.29, 0.717) is 39.8 Å². The quantitative estimate of drug-likeness (QED) is 0.376. The molecule has 0 atom stereocenters. The highest BCUT2D eigenvalue weighted by Crippen LogP contribution is 2.32. The average Bonchev–Trinajstić information content (AvgIpc) is 2.82. The van der Waals surface area contributed by atoms with Gasteiger partial charge in [0.1, 0.15) is 17.1 Å². The van der Waals surface area contributed by atoms with E-state index in [9.17, 15) is 9.59 Å². The van der Waals surface area contributed by atoms with Gasteiger partial charge >= 0.3 is 5.63 Å². The summed E-state index contributed by atoms with van der Waals surface area (Å²) in [5, 5.41) is 3.60. The lowest BCUT2D eigenvalue weighted by Gasteiger charge is -2.12. The Hall–Kier alpha value is -4.06. The normalized spacial score (nSPS) is 10.9. The second-order valence-corrected chi connectivity index (χ2v) is 7.96. The number of carbonyl (C=O) groups excluding carboxylic acids is 1. The van der Waals surface area contributed by atoms with Crippen molar-refractivity contribution in [2.45, 2.75) is 19.8 Å². The summed E-state index contributed by atoms with van der Waals surface area (Å²) in [6.07, 6.45) is 0. The van der Waals surface area contributed by atoms with E-state index in [4.69, 9.17) is 13.9 Å². The smallest absolute Gasteiger partial charge is 0.344 e. The van der Waals surface area contributed by atoms with Gasteiger partial charge in [0.25, 0.3) is 5.91 Å². The monoisotopic (exact) mass is 443 g/mol. The van der Waals surface area contributed by atoms with Gasteiger partial charge < -0.3 is 19.2 Å². The molecule has 1 N–H and O–H groups in total. The van der Waals surface area contributed by atoms with Crippen molar-refractivity contribution in [2.24, 2.45) is 0 Å². The molecule has 0 bridgehead atoms. The minimum absolute atomic E-state index is 0.126. The molecular formula is C27H25NO5. The molecular weight excluding hydrogens is 418 g/mol. The van der Waals surface area contributed by atoms with Gasteiger partial charge in [-0.15, -0.1) is 0 Å². The molecule has 3 aromatic carbocycles. The molecule has 6 heteroatoms. The summed E-state index contributed by atoms with van der Waals surface area (Å²) < 4.78 is 16.5. The maximum absolute atomic E-state index is 12.5. The number of amides is 1. The van der Waals surface area contributed by atoms with Crippen LogP contribution in [-0.2, 0) is 4.79 Å². The predicted molar refractivity (Wildman–Crippen MR) is 129 cm³/mol. The van der Waals surface area contributed by atoms with Crippen molar-refractivity contribution in [1.29, 1.82) is 0 Å². The largest absolute Gasteiger partial charge is 0.496 e. The summed E-state index contributed by atoms with van der Waals surface area (Å²) in [5.74, 6) is 1.20. The van der Waals surface area contributed by atoms with Crippen LogP contribution in [0.15, 0.2) is 82.0 Å². The average molecular weight is 443 g/mol. The van der Waals surface area contributed by atoms with Crippen molar-refractivity contribution in [3.8, 4) is 22.6 Å². The van der Waals surface area contributed by atoms with Crippen molar-refractivity contribution in [1.82, 2.24) is 0 Å². The van der Waals surface area contributed by atoms with Crippen molar-refractivity contribution in [2.75, 3.05) is 19.0 Å². The van der Waals surface area contributed by atoms with Gasteiger partial charge in [-0.3, -0.25) is 4.79 Å². The van der Waals surface area contributed by atoms with E-state index in [-0.39, 0.29) is 12.5 Å². The minimum Gasteiger partial charge on any atom is -0.496 e. The zero-order chi connectivity index (χ0) is 23.4. The first-order chi connectivity index (χ1) is 15.9. The number of carbonyl (C=O) groups is 1. The molecule has 0 radical (unpaired) electrons. The first-order valence-corrected chi connectivity index (χ1v) is 10.7. The van der Waals surface area contributed by atoms with Crippen LogP contribution in [0.1, 0.15) is 25.3 Å². The number of para-hydroxylation sites is 1. The Bertz CT molecular complexity index is 1340. The zero-order valence-corrected chi connectivity index (χ0v) is 18.8. The fraction of sp³-hybridized carbons (Fsp3) is 0.185. The third-order valence-electron chi connectivity index (χ3n) is 5.33. The van der Waals surface area contributed by atoms with E-state index >= 15 is 0 Å². The molecule has 0 saturated carbocycles. The summed E-state index contributed by atoms with van der Waals surface area (Å²) in [5.41, 5.74) is 2.77. The number of fused-ring (bicyclic) bond motifs is 1. The molecule has 0 fully saturated rings. The lowest BCUT2D eigenvalue weighted by Crippen LogP contribution is -2.20. The molecule has 0 spiro atoms. The molecule has 0 unspecified atom stereocenters. The number of hydrogen-bond acceptors (Lipinski definition) is 5. The Morgan fingerprint density at radius 2 is 1.73 bits per heavy atom. The zero-order valence-electron chi connectivity index (χ0n) is 18.8. The van der Waals surface area contributed by atoms with Crippen LogP contribution in [-0.4, -0.2) is 19.6 Å². The Labute approximate surface area is 191 Å². The first kappa shape index (κ1) is 22.1. The number of methoxy groups -OCH3 is 1. The lowest BCUT2D eigenvalue weighted by molar-refractivity contribution is -0.118. The third kappa shape index (κ3) is 5.06. The van der Waals surface area contributed by atoms with Crippen LogP contribution >= 0.6 is 0 Å². The van der Waals surface area contributed by atoms with Gasteiger partial charge in [0.05, 0.1) is 12.7 Å². The number of benzene rings is 3. The van der Waals surface area contributed by atoms with Gasteiger partial charge in [0.2, 0.25) is 0 Å². The summed E-state index contributed by atoms with van der Waals surface area (Å²) in [6, 6.07) is 21.9. The molecule has 4 rings (SSSR count). The second-order valence-electron chi connectivity index (χ2n) is 7.96. The minimum atomic E-state index is -0.458. The number of anilines is 1. The highest BCUT2D eigenvalue weighted by molar-refractivity contribution is 5.93. The number of nitrogens with one attached hydrogen (secondary N) is 1. The molecule has 1 amide bonds. The maximum atomic E-state index is 12.5. The second kappa shape index (κ2) is 9.61. The molecule has 0 aliphatic rings. The number of hydrogen-bond donors (Lipinski definition) is 1. The molecule has 4 aromatic rings. The van der Waals surface area contributed by atoms with E-state index in [1.54, 1.807) is 30.3 Å². The Kier molecular flexibility index (Phi) is 6.45. The van der Waals surface area contributed by atoms with Gasteiger partial charge in [-0.1, -0.05) is 44.2 Å². The molecule has 1 aromatic heterocycles. The SMILES string of the molecule is COc1cc(NC(=O)COc2ccc(C(C)C)cc2)ccc1-c1cc2ccccc2oc1=O. The third-order valence-corrected chi connectivity index (χ3v) is 5.33. The van der Waals surface area contributed by atoms with Crippen molar-refractivity contribution in [3.05, 3.63) is 88.8 Å². The lowest BCUT2D eigenvalue weighted by atomic mass is 10.0. The fourth-order valence-corrected chi connectivity index (χ4v) is 3.54. The van der Waals surface area contributed by atoms with Crippen LogP contribution in [0.5, 0.6) is 11.5 Å². The summed E-state index contributed by atoms with van der Waals surface area (Å²) >= 11 is 0. The molecule has 0 aliphatic carbocycles. The van der Waals surface area contributed by atoms with Gasteiger partial charge in [0, 0.05) is 22.7 Å². The highest BCUT2D eigenvalue weighted by Gasteiger charge is 2.14. The van der Waals surface area contributed by atoms with E-state index in [2.05, 4.69) is 19.2 Å². The van der Waals surface area contributed by atoms with Crippen LogP contribution in [0.4, 0.5) is 5.69 Å². The van der Waals surface area contributed by atoms with E-state index in [1.165, 1.54) is 12.7 Å². The van der Waals surface area contributed by atoms with Crippen LogP contribution < -0.4 is 20.4 Å². The van der Waals surface area contributed by atoms with Crippen LogP contribution in [0, 0.1) is 0 Å². The van der Waals surface area contributed by atoms with E-state index in [1.807, 2.05) is 42.5 Å². The first-order valence-electron chi connectivity index (χ1n) is 10.7.